The van der Waals surface area contributed by atoms with E-state index < -0.39 is 22.4 Å². The summed E-state index contributed by atoms with van der Waals surface area (Å²) in [7, 11) is -3.09. The molecule has 27 heavy (non-hydrogen) atoms. The highest BCUT2D eigenvalue weighted by atomic mass is 32.2. The highest BCUT2D eigenvalue weighted by Gasteiger charge is 2.42. The van der Waals surface area contributed by atoms with Gasteiger partial charge in [0.05, 0.1) is 17.0 Å². The van der Waals surface area contributed by atoms with Gasteiger partial charge in [0.2, 0.25) is 0 Å². The molecule has 1 aliphatic carbocycles. The van der Waals surface area contributed by atoms with E-state index in [9.17, 15) is 18.0 Å². The van der Waals surface area contributed by atoms with E-state index in [1.165, 1.54) is 0 Å². The number of hydrogen-bond acceptors (Lipinski definition) is 6. The monoisotopic (exact) mass is 388 g/mol. The van der Waals surface area contributed by atoms with E-state index in [1.807, 2.05) is 18.2 Å². The number of ether oxygens (including phenoxy) is 1. The summed E-state index contributed by atoms with van der Waals surface area (Å²) >= 11 is 0. The number of benzene rings is 1. The Morgan fingerprint density at radius 3 is 2.56 bits per heavy atom. The Labute approximate surface area is 157 Å². The van der Waals surface area contributed by atoms with E-state index in [2.05, 4.69) is 4.98 Å². The van der Waals surface area contributed by atoms with Gasteiger partial charge in [0.15, 0.2) is 16.4 Å². The first-order valence-electron chi connectivity index (χ1n) is 8.97. The molecule has 2 aliphatic rings. The molecule has 2 fully saturated rings. The SMILES string of the molecule is O=C(OCC(=O)N(C1CC1)[C@H]1CCS(=O)(=O)C1)c1ccc2ccccc2n1. The predicted molar refractivity (Wildman–Crippen MR) is 99.0 cm³/mol. The van der Waals surface area contributed by atoms with Crippen molar-refractivity contribution in [2.45, 2.75) is 31.3 Å². The number of esters is 1. The second-order valence-electron chi connectivity index (χ2n) is 7.05. The second-order valence-corrected chi connectivity index (χ2v) is 9.28. The van der Waals surface area contributed by atoms with Crippen molar-refractivity contribution < 1.29 is 22.7 Å². The van der Waals surface area contributed by atoms with Crippen LogP contribution in [0.4, 0.5) is 0 Å². The van der Waals surface area contributed by atoms with E-state index in [-0.39, 0.29) is 35.2 Å². The molecule has 2 aromatic rings. The van der Waals surface area contributed by atoms with E-state index in [1.54, 1.807) is 23.1 Å². The first kappa shape index (κ1) is 17.9. The molecule has 0 radical (unpaired) electrons. The topological polar surface area (TPSA) is 93.6 Å². The van der Waals surface area contributed by atoms with Crippen molar-refractivity contribution in [2.24, 2.45) is 0 Å². The summed E-state index contributed by atoms with van der Waals surface area (Å²) in [5, 5.41) is 0.910. The molecule has 0 N–H and O–H groups in total. The average Bonchev–Trinajstić information content (AvgIpc) is 3.42. The van der Waals surface area contributed by atoms with Crippen molar-refractivity contribution in [3.8, 4) is 0 Å². The number of carbonyl (C=O) groups excluding carboxylic acids is 2. The van der Waals surface area contributed by atoms with Gasteiger partial charge in [0.1, 0.15) is 5.69 Å². The van der Waals surface area contributed by atoms with Crippen LogP contribution in [0.3, 0.4) is 0 Å². The predicted octanol–water partition coefficient (Wildman–Crippen LogP) is 1.57. The Bertz CT molecular complexity index is 1000. The molecule has 1 atom stereocenters. The minimum atomic E-state index is -3.09. The van der Waals surface area contributed by atoms with Crippen molar-refractivity contribution in [1.82, 2.24) is 9.88 Å². The maximum absolute atomic E-state index is 12.6. The number of sulfone groups is 1. The van der Waals surface area contributed by atoms with Crippen LogP contribution in [0.2, 0.25) is 0 Å². The maximum Gasteiger partial charge on any atom is 0.357 e. The van der Waals surface area contributed by atoms with Crippen LogP contribution in [0.15, 0.2) is 36.4 Å². The fraction of sp³-hybridized carbons (Fsp3) is 0.421. The zero-order valence-corrected chi connectivity index (χ0v) is 15.5. The summed E-state index contributed by atoms with van der Waals surface area (Å²) in [5.41, 5.74) is 0.817. The molecule has 1 saturated heterocycles. The lowest BCUT2D eigenvalue weighted by molar-refractivity contribution is -0.137. The van der Waals surface area contributed by atoms with Crippen LogP contribution in [0.5, 0.6) is 0 Å². The zero-order valence-electron chi connectivity index (χ0n) is 14.7. The van der Waals surface area contributed by atoms with Gasteiger partial charge in [-0.25, -0.2) is 18.2 Å². The first-order chi connectivity index (χ1) is 12.9. The molecular weight excluding hydrogens is 368 g/mol. The maximum atomic E-state index is 12.6. The lowest BCUT2D eigenvalue weighted by Crippen LogP contribution is -2.44. The van der Waals surface area contributed by atoms with Crippen molar-refractivity contribution >= 4 is 32.6 Å². The molecule has 1 aliphatic heterocycles. The first-order valence-corrected chi connectivity index (χ1v) is 10.8. The summed E-state index contributed by atoms with van der Waals surface area (Å²) in [6, 6.07) is 10.5. The Kier molecular flexibility index (Phi) is 4.59. The van der Waals surface area contributed by atoms with Crippen LogP contribution in [-0.2, 0) is 19.4 Å². The van der Waals surface area contributed by atoms with Gasteiger partial charge in [-0.05, 0) is 31.4 Å². The number of aromatic nitrogens is 1. The van der Waals surface area contributed by atoms with Crippen LogP contribution in [0.1, 0.15) is 29.8 Å². The van der Waals surface area contributed by atoms with Gasteiger partial charge in [-0.2, -0.15) is 0 Å². The Hall–Kier alpha value is -2.48. The molecule has 7 nitrogen and oxygen atoms in total. The summed E-state index contributed by atoms with van der Waals surface area (Å²) in [6.07, 6.45) is 2.18. The van der Waals surface area contributed by atoms with Crippen LogP contribution >= 0.6 is 0 Å². The number of amides is 1. The van der Waals surface area contributed by atoms with E-state index in [0.29, 0.717) is 11.9 Å². The molecule has 1 aromatic carbocycles. The zero-order chi connectivity index (χ0) is 19.0. The third-order valence-electron chi connectivity index (χ3n) is 4.96. The Morgan fingerprint density at radius 2 is 1.85 bits per heavy atom. The van der Waals surface area contributed by atoms with Crippen molar-refractivity contribution in [3.63, 3.8) is 0 Å². The largest absolute Gasteiger partial charge is 0.451 e. The molecule has 1 saturated carbocycles. The third-order valence-corrected chi connectivity index (χ3v) is 6.71. The van der Waals surface area contributed by atoms with E-state index in [0.717, 1.165) is 18.2 Å². The number of para-hydroxylation sites is 1. The molecule has 1 amide bonds. The lowest BCUT2D eigenvalue weighted by atomic mass is 10.2. The van der Waals surface area contributed by atoms with Gasteiger partial charge in [-0.1, -0.05) is 24.3 Å². The molecule has 142 valence electrons. The number of fused-ring (bicyclic) bond motifs is 1. The molecule has 1 aromatic heterocycles. The summed E-state index contributed by atoms with van der Waals surface area (Å²) in [5.74, 6) is -0.901. The van der Waals surface area contributed by atoms with Gasteiger partial charge in [0.25, 0.3) is 5.91 Å². The van der Waals surface area contributed by atoms with Crippen molar-refractivity contribution in [3.05, 3.63) is 42.1 Å². The third kappa shape index (κ3) is 3.95. The highest BCUT2D eigenvalue weighted by Crippen LogP contribution is 2.32. The van der Waals surface area contributed by atoms with E-state index >= 15 is 0 Å². The lowest BCUT2D eigenvalue weighted by Gasteiger charge is -2.28. The fourth-order valence-electron chi connectivity index (χ4n) is 3.51. The summed E-state index contributed by atoms with van der Waals surface area (Å²) in [4.78, 5) is 30.8. The Balaban J connectivity index is 1.41. The molecule has 2 heterocycles. The van der Waals surface area contributed by atoms with Crippen molar-refractivity contribution in [1.29, 1.82) is 0 Å². The quantitative estimate of drug-likeness (QED) is 0.722. The van der Waals surface area contributed by atoms with Gasteiger partial charge >= 0.3 is 5.97 Å². The highest BCUT2D eigenvalue weighted by molar-refractivity contribution is 7.91. The molecule has 0 unspecified atom stereocenters. The summed E-state index contributed by atoms with van der Waals surface area (Å²) < 4.78 is 28.6. The fourth-order valence-corrected chi connectivity index (χ4v) is 5.22. The molecule has 4 rings (SSSR count). The Morgan fingerprint density at radius 1 is 1.07 bits per heavy atom. The molecule has 8 heteroatoms. The van der Waals surface area contributed by atoms with Crippen LogP contribution in [-0.4, -0.2) is 60.4 Å². The molecule has 0 spiro atoms. The van der Waals surface area contributed by atoms with Crippen molar-refractivity contribution in [2.75, 3.05) is 18.1 Å². The number of carbonyl (C=O) groups is 2. The number of rotatable bonds is 5. The minimum Gasteiger partial charge on any atom is -0.451 e. The minimum absolute atomic E-state index is 0.00455. The summed E-state index contributed by atoms with van der Waals surface area (Å²) in [6.45, 7) is -0.402. The van der Waals surface area contributed by atoms with E-state index in [4.69, 9.17) is 4.74 Å². The van der Waals surface area contributed by atoms with Crippen LogP contribution in [0.25, 0.3) is 10.9 Å². The smallest absolute Gasteiger partial charge is 0.357 e. The van der Waals surface area contributed by atoms with Crippen LogP contribution in [0, 0.1) is 0 Å². The number of pyridine rings is 1. The van der Waals surface area contributed by atoms with Crippen LogP contribution < -0.4 is 0 Å². The second kappa shape index (κ2) is 6.92. The normalized spacial score (nSPS) is 21.1. The number of hydrogen-bond donors (Lipinski definition) is 0. The van der Waals surface area contributed by atoms with Gasteiger partial charge in [0, 0.05) is 17.5 Å². The van der Waals surface area contributed by atoms with Gasteiger partial charge in [-0.3, -0.25) is 4.79 Å². The average molecular weight is 388 g/mol. The molecule has 0 bridgehead atoms. The standard InChI is InChI=1S/C19H20N2O5S/c22-18(21(14-6-7-14)15-9-10-27(24,25)12-15)11-26-19(23)17-8-5-13-3-1-2-4-16(13)20-17/h1-5,8,14-15H,6-7,9-12H2/t15-/m0/s1. The van der Waals surface area contributed by atoms with Gasteiger partial charge in [-0.15, -0.1) is 0 Å². The number of nitrogens with zero attached hydrogens (tertiary/aromatic N) is 2. The van der Waals surface area contributed by atoms with Gasteiger partial charge < -0.3 is 9.64 Å². The molecular formula is C19H20N2O5S.